The third-order valence-corrected chi connectivity index (χ3v) is 4.85. The molecule has 2 aliphatic heterocycles. The molecule has 0 bridgehead atoms. The highest BCUT2D eigenvalue weighted by molar-refractivity contribution is 9.10. The topological polar surface area (TPSA) is 120 Å². The van der Waals surface area contributed by atoms with Crippen LogP contribution in [-0.2, 0) is 4.79 Å². The van der Waals surface area contributed by atoms with Crippen molar-refractivity contribution in [3.05, 3.63) is 22.2 Å². The van der Waals surface area contributed by atoms with Crippen LogP contribution < -0.4 is 20.7 Å². The number of nitrogens with zero attached hydrogens (tertiary/aromatic N) is 1. The molecular formula is C15H17BrN4O5. The summed E-state index contributed by atoms with van der Waals surface area (Å²) in [6.07, 6.45) is -0.775. The van der Waals surface area contributed by atoms with E-state index < -0.39 is 36.1 Å². The van der Waals surface area contributed by atoms with Gasteiger partial charge in [0.05, 0.1) is 17.1 Å². The number of imide groups is 1. The van der Waals surface area contributed by atoms with Gasteiger partial charge in [0.2, 0.25) is 5.91 Å². The van der Waals surface area contributed by atoms with Crippen molar-refractivity contribution in [1.82, 2.24) is 20.9 Å². The van der Waals surface area contributed by atoms with Crippen molar-refractivity contribution in [2.24, 2.45) is 5.92 Å². The fraction of sp³-hybridized carbons (Fsp3) is 0.400. The van der Waals surface area contributed by atoms with Gasteiger partial charge < -0.3 is 25.4 Å². The van der Waals surface area contributed by atoms with Crippen LogP contribution >= 0.6 is 15.9 Å². The standard InChI is InChI=1S/C15H17BrN4O5/c1-3-25-8-5-6(4-7(16)11(8)21)10-9-12(18-14(23)17-10)20(2)15(24)19-13(9)22/h4-5,9-10,12,21H,3H2,1-2H3,(H2,17,18,23)(H,19,22,24). The number of benzene rings is 1. The minimum absolute atomic E-state index is 0.0668. The summed E-state index contributed by atoms with van der Waals surface area (Å²) in [6.45, 7) is 2.11. The van der Waals surface area contributed by atoms with Gasteiger partial charge in [-0.25, -0.2) is 9.59 Å². The number of phenols is 1. The lowest BCUT2D eigenvalue weighted by atomic mass is 9.86. The number of aromatic hydroxyl groups is 1. The zero-order valence-electron chi connectivity index (χ0n) is 13.5. The molecule has 0 radical (unpaired) electrons. The molecule has 9 nitrogen and oxygen atoms in total. The van der Waals surface area contributed by atoms with Gasteiger partial charge in [0.25, 0.3) is 0 Å². The van der Waals surface area contributed by atoms with Gasteiger partial charge in [0.15, 0.2) is 11.5 Å². The molecule has 2 heterocycles. The molecule has 0 spiro atoms. The van der Waals surface area contributed by atoms with E-state index in [2.05, 4.69) is 31.9 Å². The lowest BCUT2D eigenvalue weighted by molar-refractivity contribution is -0.130. The third-order valence-electron chi connectivity index (χ3n) is 4.25. The fourth-order valence-corrected chi connectivity index (χ4v) is 3.50. The van der Waals surface area contributed by atoms with Crippen molar-refractivity contribution in [3.63, 3.8) is 0 Å². The van der Waals surface area contributed by atoms with E-state index in [1.165, 1.54) is 11.9 Å². The smallest absolute Gasteiger partial charge is 0.325 e. The van der Waals surface area contributed by atoms with E-state index >= 15 is 0 Å². The fourth-order valence-electron chi connectivity index (χ4n) is 3.04. The second kappa shape index (κ2) is 6.43. The van der Waals surface area contributed by atoms with Crippen molar-refractivity contribution in [2.45, 2.75) is 19.1 Å². The number of carbonyl (C=O) groups is 3. The zero-order valence-corrected chi connectivity index (χ0v) is 15.1. The first-order valence-corrected chi connectivity index (χ1v) is 8.42. The van der Waals surface area contributed by atoms with Gasteiger partial charge in [-0.3, -0.25) is 10.1 Å². The molecule has 2 saturated heterocycles. The lowest BCUT2D eigenvalue weighted by Gasteiger charge is -2.45. The highest BCUT2D eigenvalue weighted by Gasteiger charge is 2.49. The maximum Gasteiger partial charge on any atom is 0.325 e. The van der Waals surface area contributed by atoms with Gasteiger partial charge in [-0.1, -0.05) is 0 Å². The molecule has 25 heavy (non-hydrogen) atoms. The van der Waals surface area contributed by atoms with Crippen LogP contribution in [0.4, 0.5) is 9.59 Å². The molecule has 10 heteroatoms. The molecule has 0 aromatic heterocycles. The summed E-state index contributed by atoms with van der Waals surface area (Å²) in [5.41, 5.74) is 0.566. The monoisotopic (exact) mass is 412 g/mol. The van der Waals surface area contributed by atoms with Crippen LogP contribution in [0, 0.1) is 5.92 Å². The zero-order chi connectivity index (χ0) is 18.3. The van der Waals surface area contributed by atoms with Gasteiger partial charge in [-0.2, -0.15) is 0 Å². The van der Waals surface area contributed by atoms with Gasteiger partial charge in [-0.05, 0) is 40.5 Å². The predicted molar refractivity (Wildman–Crippen MR) is 90.0 cm³/mol. The molecule has 5 amide bonds. The molecule has 2 fully saturated rings. The Hall–Kier alpha value is -2.49. The predicted octanol–water partition coefficient (Wildman–Crippen LogP) is 1.03. The van der Waals surface area contributed by atoms with Gasteiger partial charge >= 0.3 is 12.1 Å². The van der Waals surface area contributed by atoms with Crippen LogP contribution in [0.15, 0.2) is 16.6 Å². The van der Waals surface area contributed by atoms with Crippen molar-refractivity contribution in [1.29, 1.82) is 0 Å². The summed E-state index contributed by atoms with van der Waals surface area (Å²) in [6, 6.07) is 1.40. The Morgan fingerprint density at radius 1 is 1.28 bits per heavy atom. The summed E-state index contributed by atoms with van der Waals surface area (Å²) in [7, 11) is 1.50. The van der Waals surface area contributed by atoms with E-state index in [4.69, 9.17) is 4.74 Å². The number of halogens is 1. The summed E-state index contributed by atoms with van der Waals surface area (Å²) >= 11 is 3.25. The number of urea groups is 2. The molecule has 1 aromatic rings. The molecule has 134 valence electrons. The van der Waals surface area contributed by atoms with Crippen molar-refractivity contribution in [2.75, 3.05) is 13.7 Å². The first-order chi connectivity index (χ1) is 11.8. The minimum Gasteiger partial charge on any atom is -0.503 e. The number of amides is 5. The normalized spacial score (nSPS) is 25.6. The lowest BCUT2D eigenvalue weighted by Crippen LogP contribution is -2.71. The van der Waals surface area contributed by atoms with E-state index in [9.17, 15) is 19.5 Å². The number of carbonyl (C=O) groups excluding carboxylic acids is 3. The van der Waals surface area contributed by atoms with Crippen LogP contribution in [-0.4, -0.2) is 47.8 Å². The van der Waals surface area contributed by atoms with Gasteiger partial charge in [0.1, 0.15) is 12.1 Å². The number of hydrogen-bond donors (Lipinski definition) is 4. The van der Waals surface area contributed by atoms with E-state index in [-0.39, 0.29) is 11.5 Å². The molecule has 3 rings (SSSR count). The van der Waals surface area contributed by atoms with Crippen LogP contribution in [0.1, 0.15) is 18.5 Å². The number of ether oxygens (including phenoxy) is 1. The maximum atomic E-state index is 12.4. The maximum absolute atomic E-state index is 12.4. The third kappa shape index (κ3) is 2.97. The van der Waals surface area contributed by atoms with E-state index in [0.29, 0.717) is 16.6 Å². The van der Waals surface area contributed by atoms with Gasteiger partial charge in [0, 0.05) is 7.05 Å². The Bertz CT molecular complexity index is 756. The highest BCUT2D eigenvalue weighted by atomic mass is 79.9. The minimum atomic E-state index is -0.775. The number of hydrogen-bond acceptors (Lipinski definition) is 5. The summed E-state index contributed by atoms with van der Waals surface area (Å²) in [5.74, 6) is -1.07. The average molecular weight is 413 g/mol. The van der Waals surface area contributed by atoms with E-state index in [1.807, 2.05) is 0 Å². The molecule has 3 unspecified atom stereocenters. The Balaban J connectivity index is 2.04. The van der Waals surface area contributed by atoms with Crippen LogP contribution in [0.5, 0.6) is 11.5 Å². The molecule has 2 aliphatic rings. The SMILES string of the molecule is CCOc1cc(C2NC(=O)NC3C2C(=O)NC(=O)N3C)cc(Br)c1O. The van der Waals surface area contributed by atoms with Crippen LogP contribution in [0.2, 0.25) is 0 Å². The summed E-state index contributed by atoms with van der Waals surface area (Å²) < 4.78 is 5.78. The Kier molecular flexibility index (Phi) is 4.46. The number of rotatable bonds is 3. The molecular weight excluding hydrogens is 396 g/mol. The number of fused-ring (bicyclic) bond motifs is 1. The largest absolute Gasteiger partial charge is 0.503 e. The summed E-state index contributed by atoms with van der Waals surface area (Å²) in [5, 5.41) is 17.6. The molecule has 0 saturated carbocycles. The second-order valence-corrected chi connectivity index (χ2v) is 6.61. The molecule has 0 aliphatic carbocycles. The summed E-state index contributed by atoms with van der Waals surface area (Å²) in [4.78, 5) is 37.5. The Morgan fingerprint density at radius 3 is 2.68 bits per heavy atom. The molecule has 1 aromatic carbocycles. The van der Waals surface area contributed by atoms with Crippen molar-refractivity contribution in [3.8, 4) is 11.5 Å². The van der Waals surface area contributed by atoms with Crippen LogP contribution in [0.3, 0.4) is 0 Å². The first kappa shape index (κ1) is 17.3. The number of phenolic OH excluding ortho intramolecular Hbond substituents is 1. The quantitative estimate of drug-likeness (QED) is 0.590. The van der Waals surface area contributed by atoms with Gasteiger partial charge in [-0.15, -0.1) is 0 Å². The van der Waals surface area contributed by atoms with Crippen LogP contribution in [0.25, 0.3) is 0 Å². The van der Waals surface area contributed by atoms with E-state index in [0.717, 1.165) is 0 Å². The Labute approximate surface area is 151 Å². The molecule has 3 atom stereocenters. The molecule has 4 N–H and O–H groups in total. The first-order valence-electron chi connectivity index (χ1n) is 7.63. The highest BCUT2D eigenvalue weighted by Crippen LogP contribution is 2.40. The Morgan fingerprint density at radius 2 is 2.00 bits per heavy atom. The number of nitrogens with one attached hydrogen (secondary N) is 3. The average Bonchev–Trinajstić information content (AvgIpc) is 2.56. The second-order valence-electron chi connectivity index (χ2n) is 5.75. The van der Waals surface area contributed by atoms with E-state index in [1.54, 1.807) is 19.1 Å². The van der Waals surface area contributed by atoms with Crippen molar-refractivity contribution >= 4 is 33.9 Å². The van der Waals surface area contributed by atoms with Crippen molar-refractivity contribution < 1.29 is 24.2 Å².